The Kier molecular flexibility index (Phi) is 2.76. The molecule has 0 aromatic rings. The highest BCUT2D eigenvalue weighted by atomic mass is 35.7. The minimum Gasteiger partial charge on any atom is -0.372 e. The number of ether oxygens (including phenoxy) is 2. The first kappa shape index (κ1) is 10.7. The Bertz CT molecular complexity index is 299. The number of hydrogen-bond acceptors (Lipinski definition) is 4. The molecule has 2 aliphatic rings. The van der Waals surface area contributed by atoms with Crippen molar-refractivity contribution >= 4 is 19.7 Å². The summed E-state index contributed by atoms with van der Waals surface area (Å²) in [5.74, 6) is -0.162. The van der Waals surface area contributed by atoms with Crippen LogP contribution in [0.3, 0.4) is 0 Å². The lowest BCUT2D eigenvalue weighted by Gasteiger charge is -2.46. The Labute approximate surface area is 87.9 Å². The molecule has 0 amide bonds. The second kappa shape index (κ2) is 3.63. The van der Waals surface area contributed by atoms with Crippen LogP contribution in [-0.4, -0.2) is 39.1 Å². The van der Waals surface area contributed by atoms with E-state index in [4.69, 9.17) is 20.2 Å². The fourth-order valence-electron chi connectivity index (χ4n) is 1.81. The van der Waals surface area contributed by atoms with Gasteiger partial charge in [-0.3, -0.25) is 0 Å². The molecule has 4 nitrogen and oxygen atoms in total. The van der Waals surface area contributed by atoms with Gasteiger partial charge >= 0.3 is 0 Å². The Morgan fingerprint density at radius 3 is 2.50 bits per heavy atom. The molecule has 1 heterocycles. The van der Waals surface area contributed by atoms with Crippen LogP contribution in [0.15, 0.2) is 0 Å². The quantitative estimate of drug-likeness (QED) is 0.673. The van der Waals surface area contributed by atoms with Crippen LogP contribution in [0.1, 0.15) is 19.3 Å². The topological polar surface area (TPSA) is 52.6 Å². The van der Waals surface area contributed by atoms with Crippen LogP contribution in [0.2, 0.25) is 0 Å². The van der Waals surface area contributed by atoms with E-state index >= 15 is 0 Å². The van der Waals surface area contributed by atoms with E-state index < -0.39 is 15.2 Å². The average Bonchev–Trinajstić information content (AvgIpc) is 2.00. The van der Waals surface area contributed by atoms with Crippen molar-refractivity contribution in [2.24, 2.45) is 0 Å². The van der Waals surface area contributed by atoms with Gasteiger partial charge in [-0.25, -0.2) is 8.42 Å². The molecule has 1 aliphatic heterocycles. The zero-order valence-corrected chi connectivity index (χ0v) is 9.31. The third kappa shape index (κ3) is 2.39. The van der Waals surface area contributed by atoms with E-state index in [-0.39, 0.29) is 11.4 Å². The van der Waals surface area contributed by atoms with Crippen LogP contribution in [0.25, 0.3) is 0 Å². The summed E-state index contributed by atoms with van der Waals surface area (Å²) in [5.41, 5.74) is -0.105. The molecule has 1 spiro atoms. The largest absolute Gasteiger partial charge is 0.372 e. The van der Waals surface area contributed by atoms with Crippen molar-refractivity contribution in [3.8, 4) is 0 Å². The lowest BCUT2D eigenvalue weighted by Crippen LogP contribution is -2.52. The molecule has 6 heteroatoms. The highest BCUT2D eigenvalue weighted by Crippen LogP contribution is 2.38. The normalized spacial score (nSPS) is 31.4. The van der Waals surface area contributed by atoms with Crippen LogP contribution >= 0.6 is 10.7 Å². The van der Waals surface area contributed by atoms with E-state index in [1.807, 2.05) is 0 Å². The van der Waals surface area contributed by atoms with Crippen LogP contribution in [0.5, 0.6) is 0 Å². The first-order valence-corrected chi connectivity index (χ1v) is 7.15. The van der Waals surface area contributed by atoms with E-state index in [1.165, 1.54) is 6.42 Å². The van der Waals surface area contributed by atoms with Gasteiger partial charge in [0.1, 0.15) is 0 Å². The molecule has 1 aliphatic carbocycles. The molecule has 0 aromatic heterocycles. The summed E-state index contributed by atoms with van der Waals surface area (Å²) in [6.45, 7) is 0.843. The van der Waals surface area contributed by atoms with Crippen molar-refractivity contribution in [2.75, 3.05) is 19.0 Å². The number of rotatable bonds is 2. The molecule has 2 fully saturated rings. The van der Waals surface area contributed by atoms with Gasteiger partial charge in [-0.1, -0.05) is 0 Å². The van der Waals surface area contributed by atoms with Crippen molar-refractivity contribution in [3.05, 3.63) is 0 Å². The van der Waals surface area contributed by atoms with Crippen LogP contribution in [0, 0.1) is 0 Å². The summed E-state index contributed by atoms with van der Waals surface area (Å²) < 4.78 is 32.6. The summed E-state index contributed by atoms with van der Waals surface area (Å²) in [4.78, 5) is 0. The van der Waals surface area contributed by atoms with Gasteiger partial charge in [0.25, 0.3) is 0 Å². The highest BCUT2D eigenvalue weighted by molar-refractivity contribution is 8.13. The lowest BCUT2D eigenvalue weighted by molar-refractivity contribution is -0.214. The fraction of sp³-hybridized carbons (Fsp3) is 1.00. The van der Waals surface area contributed by atoms with Crippen molar-refractivity contribution in [1.82, 2.24) is 0 Å². The van der Waals surface area contributed by atoms with Gasteiger partial charge in [0.05, 0.1) is 30.7 Å². The second-order valence-electron chi connectivity index (χ2n) is 3.99. The molecule has 0 aromatic carbocycles. The zero-order chi connectivity index (χ0) is 10.2. The lowest BCUT2D eigenvalue weighted by atomic mass is 9.80. The molecule has 0 N–H and O–H groups in total. The van der Waals surface area contributed by atoms with Gasteiger partial charge in [0.15, 0.2) is 0 Å². The molecule has 1 unspecified atom stereocenters. The van der Waals surface area contributed by atoms with E-state index in [0.29, 0.717) is 13.2 Å². The Balaban J connectivity index is 1.84. The minimum atomic E-state index is -3.48. The van der Waals surface area contributed by atoms with E-state index in [1.54, 1.807) is 0 Å². The summed E-state index contributed by atoms with van der Waals surface area (Å²) in [6.07, 6.45) is 2.81. The van der Waals surface area contributed by atoms with Crippen molar-refractivity contribution < 1.29 is 17.9 Å². The smallest absolute Gasteiger partial charge is 0.235 e. The first-order chi connectivity index (χ1) is 6.49. The van der Waals surface area contributed by atoms with Crippen molar-refractivity contribution in [1.29, 1.82) is 0 Å². The molecule has 2 rings (SSSR count). The monoisotopic (exact) mass is 240 g/mol. The molecule has 0 radical (unpaired) electrons. The third-order valence-electron chi connectivity index (χ3n) is 2.81. The maximum atomic E-state index is 10.8. The maximum absolute atomic E-state index is 10.8. The molecule has 14 heavy (non-hydrogen) atoms. The molecule has 0 bridgehead atoms. The van der Waals surface area contributed by atoms with Crippen molar-refractivity contribution in [3.63, 3.8) is 0 Å². The SMILES string of the molecule is O=S(=O)(Cl)CC1COC2(CCC2)CO1. The van der Waals surface area contributed by atoms with Crippen LogP contribution < -0.4 is 0 Å². The van der Waals surface area contributed by atoms with Gasteiger partial charge in [0.2, 0.25) is 9.05 Å². The molecular weight excluding hydrogens is 228 g/mol. The van der Waals surface area contributed by atoms with Gasteiger partial charge in [-0.05, 0) is 19.3 Å². The number of hydrogen-bond donors (Lipinski definition) is 0. The summed E-state index contributed by atoms with van der Waals surface area (Å²) in [5, 5.41) is 0. The van der Waals surface area contributed by atoms with Gasteiger partial charge in [-0.2, -0.15) is 0 Å². The van der Waals surface area contributed by atoms with Crippen LogP contribution in [0.4, 0.5) is 0 Å². The summed E-state index contributed by atoms with van der Waals surface area (Å²) in [6, 6.07) is 0. The van der Waals surface area contributed by atoms with Gasteiger partial charge in [0, 0.05) is 10.7 Å². The molecule has 1 saturated heterocycles. The Hall–Kier alpha value is 0.160. The van der Waals surface area contributed by atoms with E-state index in [0.717, 1.165) is 12.8 Å². The van der Waals surface area contributed by atoms with E-state index in [9.17, 15) is 8.42 Å². The van der Waals surface area contributed by atoms with Gasteiger partial charge in [-0.15, -0.1) is 0 Å². The number of halogens is 1. The summed E-state index contributed by atoms with van der Waals surface area (Å²) in [7, 11) is 1.64. The highest BCUT2D eigenvalue weighted by Gasteiger charge is 2.42. The maximum Gasteiger partial charge on any atom is 0.235 e. The zero-order valence-electron chi connectivity index (χ0n) is 7.74. The predicted octanol–water partition coefficient (Wildman–Crippen LogP) is 0.893. The fourth-order valence-corrected chi connectivity index (χ4v) is 2.87. The van der Waals surface area contributed by atoms with E-state index in [2.05, 4.69) is 0 Å². The average molecular weight is 241 g/mol. The molecular formula is C8H13ClO4S. The van der Waals surface area contributed by atoms with Gasteiger partial charge < -0.3 is 9.47 Å². The van der Waals surface area contributed by atoms with Crippen LogP contribution in [-0.2, 0) is 18.5 Å². The molecule has 1 saturated carbocycles. The molecule has 1 atom stereocenters. The van der Waals surface area contributed by atoms with Crippen molar-refractivity contribution in [2.45, 2.75) is 31.0 Å². The predicted molar refractivity (Wildman–Crippen MR) is 51.9 cm³/mol. The Morgan fingerprint density at radius 2 is 2.14 bits per heavy atom. The first-order valence-electron chi connectivity index (χ1n) is 4.67. The summed E-state index contributed by atoms with van der Waals surface area (Å²) >= 11 is 0. The minimum absolute atomic E-state index is 0.105. The standard InChI is InChI=1S/C8H13ClO4S/c9-14(10,11)5-7-4-13-8(6-12-7)2-1-3-8/h7H,1-6H2. The second-order valence-corrected chi connectivity index (χ2v) is 6.81. The molecule has 82 valence electrons. The Morgan fingerprint density at radius 1 is 1.43 bits per heavy atom. The third-order valence-corrected chi connectivity index (χ3v) is 3.96.